The van der Waals surface area contributed by atoms with E-state index in [2.05, 4.69) is 12.1 Å². The highest BCUT2D eigenvalue weighted by Crippen LogP contribution is 2.38. The van der Waals surface area contributed by atoms with Gasteiger partial charge in [-0.05, 0) is 61.1 Å². The Balaban J connectivity index is 0.00000280. The SMILES string of the molecule is CN(CC(=O)O)C(c1ccc(C(F)(F)F)cc1)C1CCc2ccccc2C1.Cl. The molecule has 1 aliphatic carbocycles. The lowest BCUT2D eigenvalue weighted by atomic mass is 9.77. The Morgan fingerprint density at radius 2 is 1.75 bits per heavy atom. The minimum Gasteiger partial charge on any atom is -0.480 e. The molecule has 152 valence electrons. The maximum atomic E-state index is 12.9. The summed E-state index contributed by atoms with van der Waals surface area (Å²) < 4.78 is 38.6. The first-order valence-corrected chi connectivity index (χ1v) is 8.91. The first-order valence-electron chi connectivity index (χ1n) is 8.91. The number of rotatable bonds is 5. The summed E-state index contributed by atoms with van der Waals surface area (Å²) in [5, 5.41) is 9.20. The molecule has 1 N–H and O–H groups in total. The summed E-state index contributed by atoms with van der Waals surface area (Å²) in [5.74, 6) is -0.813. The van der Waals surface area contributed by atoms with Crippen molar-refractivity contribution in [2.45, 2.75) is 31.5 Å². The van der Waals surface area contributed by atoms with Crippen LogP contribution in [-0.4, -0.2) is 29.6 Å². The Labute approximate surface area is 168 Å². The maximum absolute atomic E-state index is 12.9. The van der Waals surface area contributed by atoms with Crippen LogP contribution in [0.1, 0.15) is 34.7 Å². The van der Waals surface area contributed by atoms with Gasteiger partial charge in [0, 0.05) is 6.04 Å². The van der Waals surface area contributed by atoms with E-state index < -0.39 is 17.7 Å². The predicted octanol–water partition coefficient (Wildman–Crippen LogP) is 4.99. The summed E-state index contributed by atoms with van der Waals surface area (Å²) in [6.45, 7) is -0.163. The molecule has 3 nitrogen and oxygen atoms in total. The molecule has 0 amide bonds. The second-order valence-electron chi connectivity index (χ2n) is 7.15. The largest absolute Gasteiger partial charge is 0.480 e. The number of carboxylic acids is 1. The number of alkyl halides is 3. The van der Waals surface area contributed by atoms with Crippen molar-refractivity contribution in [2.75, 3.05) is 13.6 Å². The third kappa shape index (κ3) is 5.06. The van der Waals surface area contributed by atoms with Gasteiger partial charge in [0.25, 0.3) is 0 Å². The summed E-state index contributed by atoms with van der Waals surface area (Å²) in [4.78, 5) is 12.9. The van der Waals surface area contributed by atoms with E-state index in [4.69, 9.17) is 0 Å². The number of aliphatic carboxylic acids is 1. The van der Waals surface area contributed by atoms with E-state index in [0.717, 1.165) is 37.0 Å². The molecule has 7 heteroatoms. The van der Waals surface area contributed by atoms with Crippen molar-refractivity contribution in [3.05, 3.63) is 70.8 Å². The van der Waals surface area contributed by atoms with Crippen molar-refractivity contribution in [1.82, 2.24) is 4.90 Å². The van der Waals surface area contributed by atoms with Crippen LogP contribution in [0, 0.1) is 5.92 Å². The lowest BCUT2D eigenvalue weighted by Gasteiger charge is -2.37. The zero-order valence-corrected chi connectivity index (χ0v) is 16.3. The number of benzene rings is 2. The van der Waals surface area contributed by atoms with Crippen LogP contribution < -0.4 is 0 Å². The van der Waals surface area contributed by atoms with Crippen LogP contribution in [0.15, 0.2) is 48.5 Å². The van der Waals surface area contributed by atoms with Crippen molar-refractivity contribution in [2.24, 2.45) is 5.92 Å². The van der Waals surface area contributed by atoms with E-state index in [1.165, 1.54) is 23.3 Å². The van der Waals surface area contributed by atoms with Crippen molar-refractivity contribution in [3.63, 3.8) is 0 Å². The smallest absolute Gasteiger partial charge is 0.416 e. The van der Waals surface area contributed by atoms with Crippen LogP contribution in [0.4, 0.5) is 13.2 Å². The van der Waals surface area contributed by atoms with Crippen molar-refractivity contribution >= 4 is 18.4 Å². The fraction of sp³-hybridized carbons (Fsp3) is 0.381. The van der Waals surface area contributed by atoms with E-state index in [1.54, 1.807) is 11.9 Å². The quantitative estimate of drug-likeness (QED) is 0.750. The number of fused-ring (bicyclic) bond motifs is 1. The Morgan fingerprint density at radius 3 is 2.32 bits per heavy atom. The molecule has 0 heterocycles. The van der Waals surface area contributed by atoms with Crippen molar-refractivity contribution in [1.29, 1.82) is 0 Å². The van der Waals surface area contributed by atoms with Gasteiger partial charge in [-0.2, -0.15) is 13.2 Å². The zero-order chi connectivity index (χ0) is 19.6. The summed E-state index contributed by atoms with van der Waals surface area (Å²) in [5.41, 5.74) is 2.55. The molecule has 0 saturated heterocycles. The molecular formula is C21H23ClF3NO2. The minimum atomic E-state index is -4.38. The Kier molecular flexibility index (Phi) is 7.12. The average molecular weight is 414 g/mol. The molecular weight excluding hydrogens is 391 g/mol. The van der Waals surface area contributed by atoms with Gasteiger partial charge in [0.05, 0.1) is 12.1 Å². The summed E-state index contributed by atoms with van der Waals surface area (Å²) >= 11 is 0. The second-order valence-corrected chi connectivity index (χ2v) is 7.15. The highest BCUT2D eigenvalue weighted by atomic mass is 35.5. The molecule has 0 aliphatic heterocycles. The first kappa shape index (κ1) is 22.2. The van der Waals surface area contributed by atoms with Gasteiger partial charge in [-0.1, -0.05) is 36.4 Å². The van der Waals surface area contributed by atoms with Gasteiger partial charge in [-0.3, -0.25) is 9.69 Å². The van der Waals surface area contributed by atoms with E-state index >= 15 is 0 Å². The lowest BCUT2D eigenvalue weighted by Crippen LogP contribution is -2.36. The molecule has 0 radical (unpaired) electrons. The molecule has 2 aromatic carbocycles. The Bertz CT molecular complexity index is 808. The first-order chi connectivity index (χ1) is 12.8. The normalized spacial score (nSPS) is 17.5. The summed E-state index contributed by atoms with van der Waals surface area (Å²) in [7, 11) is 1.72. The number of hydrogen-bond acceptors (Lipinski definition) is 2. The third-order valence-corrected chi connectivity index (χ3v) is 5.27. The second kappa shape index (κ2) is 8.97. The summed E-state index contributed by atoms with van der Waals surface area (Å²) in [6, 6.07) is 13.0. The van der Waals surface area contributed by atoms with E-state index in [1.807, 2.05) is 12.1 Å². The zero-order valence-electron chi connectivity index (χ0n) is 15.4. The number of carboxylic acid groups (broad SMARTS) is 1. The summed E-state index contributed by atoms with van der Waals surface area (Å²) in [6.07, 6.45) is -1.85. The molecule has 28 heavy (non-hydrogen) atoms. The molecule has 2 aromatic rings. The topological polar surface area (TPSA) is 40.5 Å². The molecule has 2 atom stereocenters. The third-order valence-electron chi connectivity index (χ3n) is 5.27. The molecule has 0 fully saturated rings. The number of likely N-dealkylation sites (N-methyl/N-ethyl adjacent to an activating group) is 1. The lowest BCUT2D eigenvalue weighted by molar-refractivity contribution is -0.139. The minimum absolute atomic E-state index is 0. The van der Waals surface area contributed by atoms with Gasteiger partial charge < -0.3 is 5.11 Å². The molecule has 3 rings (SSSR count). The Hall–Kier alpha value is -2.05. The van der Waals surface area contributed by atoms with Crippen LogP contribution in [-0.2, 0) is 23.8 Å². The highest BCUT2D eigenvalue weighted by molar-refractivity contribution is 5.85. The molecule has 0 bridgehead atoms. The number of nitrogens with zero attached hydrogens (tertiary/aromatic N) is 1. The van der Waals surface area contributed by atoms with Crippen molar-refractivity contribution in [3.8, 4) is 0 Å². The van der Waals surface area contributed by atoms with Gasteiger partial charge in [0.1, 0.15) is 0 Å². The predicted molar refractivity (Wildman–Crippen MR) is 104 cm³/mol. The van der Waals surface area contributed by atoms with Gasteiger partial charge in [0.15, 0.2) is 0 Å². The van der Waals surface area contributed by atoms with Crippen LogP contribution in [0.5, 0.6) is 0 Å². The van der Waals surface area contributed by atoms with Gasteiger partial charge in [-0.15, -0.1) is 12.4 Å². The molecule has 2 unspecified atom stereocenters. The number of halogens is 4. The monoisotopic (exact) mass is 413 g/mol. The van der Waals surface area contributed by atoms with E-state index in [9.17, 15) is 23.1 Å². The van der Waals surface area contributed by atoms with Crippen molar-refractivity contribution < 1.29 is 23.1 Å². The van der Waals surface area contributed by atoms with Crippen LogP contribution in [0.25, 0.3) is 0 Å². The number of hydrogen-bond donors (Lipinski definition) is 1. The van der Waals surface area contributed by atoms with Crippen LogP contribution in [0.3, 0.4) is 0 Å². The van der Waals surface area contributed by atoms with Gasteiger partial charge in [-0.25, -0.2) is 0 Å². The number of carbonyl (C=O) groups is 1. The molecule has 0 aromatic heterocycles. The average Bonchev–Trinajstić information content (AvgIpc) is 2.61. The molecule has 0 spiro atoms. The fourth-order valence-corrected chi connectivity index (χ4v) is 4.06. The number of aryl methyl sites for hydroxylation is 1. The standard InChI is InChI=1S/C21H22F3NO2.ClH/c1-25(13-19(26)27)20(15-8-10-18(11-9-15)21(22,23)24)17-7-6-14-4-2-3-5-16(14)12-17;/h2-5,8-11,17,20H,6-7,12-13H2,1H3,(H,26,27);1H. The van der Waals surface area contributed by atoms with Crippen LogP contribution in [0.2, 0.25) is 0 Å². The Morgan fingerprint density at radius 1 is 1.14 bits per heavy atom. The van der Waals surface area contributed by atoms with Crippen LogP contribution >= 0.6 is 12.4 Å². The van der Waals surface area contributed by atoms with Gasteiger partial charge >= 0.3 is 12.1 Å². The maximum Gasteiger partial charge on any atom is 0.416 e. The molecule has 0 saturated carbocycles. The highest BCUT2D eigenvalue weighted by Gasteiger charge is 2.33. The molecule has 1 aliphatic rings. The van der Waals surface area contributed by atoms with Gasteiger partial charge in [0.2, 0.25) is 0 Å². The van der Waals surface area contributed by atoms with E-state index in [0.29, 0.717) is 0 Å². The van der Waals surface area contributed by atoms with E-state index in [-0.39, 0.29) is 30.9 Å². The fourth-order valence-electron chi connectivity index (χ4n) is 4.06.